The van der Waals surface area contributed by atoms with E-state index in [1.54, 1.807) is 0 Å². The molecule has 2 heterocycles. The average Bonchev–Trinajstić information content (AvgIpc) is 2.71. The molecule has 0 N–H and O–H groups in total. The second kappa shape index (κ2) is 4.40. The van der Waals surface area contributed by atoms with Crippen LogP contribution in [0.3, 0.4) is 0 Å². The minimum absolute atomic E-state index is 0.370. The third kappa shape index (κ3) is 2.35. The first kappa shape index (κ1) is 11.4. The van der Waals surface area contributed by atoms with Crippen LogP contribution in [0.2, 0.25) is 0 Å². The quantitative estimate of drug-likeness (QED) is 0.667. The zero-order valence-electron chi connectivity index (χ0n) is 9.00. The lowest BCUT2D eigenvalue weighted by atomic mass is 10.2. The van der Waals surface area contributed by atoms with Crippen molar-refractivity contribution < 1.29 is 0 Å². The lowest BCUT2D eigenvalue weighted by Crippen LogP contribution is -1.87. The third-order valence-electron chi connectivity index (χ3n) is 2.32. The summed E-state index contributed by atoms with van der Waals surface area (Å²) in [6, 6.07) is 6.66. The molecule has 3 heteroatoms. The van der Waals surface area contributed by atoms with E-state index in [2.05, 4.69) is 54.9 Å². The fourth-order valence-electron chi connectivity index (χ4n) is 1.63. The maximum Gasteiger partial charge on any atom is 0.0833 e. The Morgan fingerprint density at radius 2 is 1.80 bits per heavy atom. The average molecular weight is 301 g/mol. The van der Waals surface area contributed by atoms with Crippen LogP contribution in [0.4, 0.5) is 0 Å². The van der Waals surface area contributed by atoms with E-state index in [4.69, 9.17) is 0 Å². The first-order chi connectivity index (χ1) is 7.08. The van der Waals surface area contributed by atoms with Crippen molar-refractivity contribution in [3.05, 3.63) is 43.3 Å². The molecule has 15 heavy (non-hydrogen) atoms. The van der Waals surface area contributed by atoms with Gasteiger partial charge in [0.2, 0.25) is 0 Å². The van der Waals surface area contributed by atoms with Gasteiger partial charge in [-0.25, -0.2) is 0 Å². The molecule has 0 amide bonds. The van der Waals surface area contributed by atoms with Crippen molar-refractivity contribution in [2.45, 2.75) is 25.6 Å². The van der Waals surface area contributed by atoms with Crippen LogP contribution in [0.1, 0.15) is 29.9 Å². The molecule has 0 saturated heterocycles. The van der Waals surface area contributed by atoms with Gasteiger partial charge in [-0.3, -0.25) is 0 Å². The van der Waals surface area contributed by atoms with Crippen LogP contribution >= 0.6 is 38.6 Å². The Morgan fingerprint density at radius 1 is 1.07 bits per heavy atom. The molecule has 0 spiro atoms. The Morgan fingerprint density at radius 3 is 2.27 bits per heavy atom. The Labute approximate surface area is 107 Å². The van der Waals surface area contributed by atoms with Crippen LogP contribution in [0.15, 0.2) is 18.2 Å². The van der Waals surface area contributed by atoms with Crippen LogP contribution < -0.4 is 0 Å². The maximum atomic E-state index is 3.79. The van der Waals surface area contributed by atoms with Gasteiger partial charge >= 0.3 is 0 Å². The van der Waals surface area contributed by atoms with Gasteiger partial charge in [0, 0.05) is 19.5 Å². The van der Waals surface area contributed by atoms with Crippen LogP contribution in [0, 0.1) is 20.8 Å². The largest absolute Gasteiger partial charge is 0.144 e. The summed E-state index contributed by atoms with van der Waals surface area (Å²) < 4.78 is 0. The van der Waals surface area contributed by atoms with Gasteiger partial charge < -0.3 is 0 Å². The second-order valence-electron chi connectivity index (χ2n) is 3.72. The van der Waals surface area contributed by atoms with Crippen LogP contribution in [-0.2, 0) is 0 Å². The number of hydrogen-bond donors (Lipinski definition) is 0. The lowest BCUT2D eigenvalue weighted by molar-refractivity contribution is 1.24. The van der Waals surface area contributed by atoms with E-state index in [0.717, 1.165) is 0 Å². The van der Waals surface area contributed by atoms with Crippen molar-refractivity contribution >= 4 is 38.6 Å². The number of hydrogen-bond acceptors (Lipinski definition) is 2. The zero-order chi connectivity index (χ0) is 11.0. The molecule has 0 aliphatic rings. The van der Waals surface area contributed by atoms with Crippen LogP contribution in [0.5, 0.6) is 0 Å². The minimum Gasteiger partial charge on any atom is -0.144 e. The van der Waals surface area contributed by atoms with Crippen molar-refractivity contribution in [2.75, 3.05) is 0 Å². The zero-order valence-corrected chi connectivity index (χ0v) is 12.2. The Hall–Kier alpha value is -0.120. The fourth-order valence-corrected chi connectivity index (χ4v) is 4.68. The number of halogens is 1. The van der Waals surface area contributed by atoms with E-state index in [-0.39, 0.29) is 0 Å². The molecule has 2 aromatic heterocycles. The van der Waals surface area contributed by atoms with E-state index in [9.17, 15) is 0 Å². The molecular weight excluding hydrogens is 288 g/mol. The lowest BCUT2D eigenvalue weighted by Gasteiger charge is -2.06. The summed E-state index contributed by atoms with van der Waals surface area (Å²) in [5, 5.41) is 0. The first-order valence-electron chi connectivity index (χ1n) is 4.85. The predicted molar refractivity (Wildman–Crippen MR) is 73.6 cm³/mol. The van der Waals surface area contributed by atoms with Gasteiger partial charge in [-0.2, -0.15) is 0 Å². The summed E-state index contributed by atoms with van der Waals surface area (Å²) in [6.07, 6.45) is 0. The molecule has 0 aliphatic heterocycles. The highest BCUT2D eigenvalue weighted by Crippen LogP contribution is 2.40. The molecule has 0 nitrogen and oxygen atoms in total. The highest BCUT2D eigenvalue weighted by atomic mass is 79.9. The molecular formula is C12H13BrS2. The number of thiophene rings is 2. The maximum absolute atomic E-state index is 3.79. The highest BCUT2D eigenvalue weighted by Gasteiger charge is 2.16. The summed E-state index contributed by atoms with van der Waals surface area (Å²) in [6.45, 7) is 6.51. The minimum atomic E-state index is 0.370. The van der Waals surface area contributed by atoms with Gasteiger partial charge in [-0.15, -0.1) is 22.7 Å². The molecule has 0 fully saturated rings. The Bertz CT molecular complexity index is 468. The Kier molecular flexibility index (Phi) is 3.33. The van der Waals surface area contributed by atoms with E-state index < -0.39 is 0 Å². The molecule has 1 atom stereocenters. The third-order valence-corrected chi connectivity index (χ3v) is 6.16. The van der Waals surface area contributed by atoms with Crippen LogP contribution in [0.25, 0.3) is 0 Å². The summed E-state index contributed by atoms with van der Waals surface area (Å²) in [5.41, 5.74) is 1.39. The highest BCUT2D eigenvalue weighted by molar-refractivity contribution is 9.09. The van der Waals surface area contributed by atoms with Gasteiger partial charge in [0.1, 0.15) is 0 Å². The molecule has 2 rings (SSSR count). The monoisotopic (exact) mass is 300 g/mol. The van der Waals surface area contributed by atoms with Gasteiger partial charge in [0.25, 0.3) is 0 Å². The van der Waals surface area contributed by atoms with Crippen molar-refractivity contribution in [3.8, 4) is 0 Å². The summed E-state index contributed by atoms with van der Waals surface area (Å²) in [4.78, 5) is 5.97. The number of rotatable bonds is 2. The first-order valence-corrected chi connectivity index (χ1v) is 7.40. The summed E-state index contributed by atoms with van der Waals surface area (Å²) in [5.74, 6) is 0. The van der Waals surface area contributed by atoms with Crippen molar-refractivity contribution in [1.29, 1.82) is 0 Å². The smallest absolute Gasteiger partial charge is 0.0833 e. The number of aryl methyl sites for hydroxylation is 3. The normalized spacial score (nSPS) is 13.1. The fraction of sp³-hybridized carbons (Fsp3) is 0.333. The predicted octanol–water partition coefficient (Wildman–Crippen LogP) is 5.22. The van der Waals surface area contributed by atoms with Gasteiger partial charge in [0.15, 0.2) is 0 Å². The van der Waals surface area contributed by atoms with Crippen molar-refractivity contribution in [3.63, 3.8) is 0 Å². The molecule has 0 aromatic carbocycles. The molecule has 1 unspecified atom stereocenters. The van der Waals surface area contributed by atoms with E-state index in [0.29, 0.717) is 4.83 Å². The van der Waals surface area contributed by atoms with Crippen LogP contribution in [-0.4, -0.2) is 0 Å². The van der Waals surface area contributed by atoms with Gasteiger partial charge in [-0.1, -0.05) is 15.9 Å². The SMILES string of the molecule is Cc1ccc(C(Br)c2sc(C)cc2C)s1. The van der Waals surface area contributed by atoms with Gasteiger partial charge in [0.05, 0.1) is 4.83 Å². The van der Waals surface area contributed by atoms with E-state index in [1.807, 2.05) is 22.7 Å². The molecule has 0 bridgehead atoms. The topological polar surface area (TPSA) is 0 Å². The van der Waals surface area contributed by atoms with E-state index >= 15 is 0 Å². The number of alkyl halides is 1. The molecule has 0 saturated carbocycles. The standard InChI is InChI=1S/C12H13BrS2/c1-7-6-9(3)15-12(7)11(13)10-5-4-8(2)14-10/h4-6,11H,1-3H3. The van der Waals surface area contributed by atoms with Crippen molar-refractivity contribution in [1.82, 2.24) is 0 Å². The second-order valence-corrected chi connectivity index (χ2v) is 7.24. The summed E-state index contributed by atoms with van der Waals surface area (Å²) >= 11 is 7.55. The molecule has 80 valence electrons. The van der Waals surface area contributed by atoms with Crippen molar-refractivity contribution in [2.24, 2.45) is 0 Å². The Balaban J connectivity index is 2.35. The molecule has 2 aromatic rings. The summed E-state index contributed by atoms with van der Waals surface area (Å²) in [7, 11) is 0. The molecule has 0 radical (unpaired) electrons. The van der Waals surface area contributed by atoms with Gasteiger partial charge in [-0.05, 0) is 44.5 Å². The van der Waals surface area contributed by atoms with E-state index in [1.165, 1.54) is 25.1 Å². The molecule has 0 aliphatic carbocycles.